The summed E-state index contributed by atoms with van der Waals surface area (Å²) in [5.41, 5.74) is 0. The molecule has 0 unspecified atom stereocenters. The van der Waals surface area contributed by atoms with Crippen LogP contribution in [0.3, 0.4) is 0 Å². The Kier molecular flexibility index (Phi) is 1.93. The summed E-state index contributed by atoms with van der Waals surface area (Å²) in [7, 11) is 0. The summed E-state index contributed by atoms with van der Waals surface area (Å²) in [4.78, 5) is 1.22. The van der Waals surface area contributed by atoms with Gasteiger partial charge >= 0.3 is 0 Å². The van der Waals surface area contributed by atoms with Crippen molar-refractivity contribution in [1.29, 1.82) is 0 Å². The standard InChI is InChI=1S/C5H6Br2/c6-4-1-2-5(7)3-4/h1-2,4-5H,3H2/t4-,5-/m1/s1. The van der Waals surface area contributed by atoms with Crippen LogP contribution in [0.15, 0.2) is 12.2 Å². The van der Waals surface area contributed by atoms with E-state index in [2.05, 4.69) is 44.0 Å². The quantitative estimate of drug-likeness (QED) is 0.439. The first-order valence-corrected chi connectivity index (χ1v) is 4.08. The van der Waals surface area contributed by atoms with Gasteiger partial charge in [0.1, 0.15) is 0 Å². The fraction of sp³-hybridized carbons (Fsp3) is 0.600. The molecule has 0 nitrogen and oxygen atoms in total. The predicted octanol–water partition coefficient (Wildman–Crippen LogP) is 2.47. The Balaban J connectivity index is 2.42. The van der Waals surface area contributed by atoms with Gasteiger partial charge in [0.2, 0.25) is 0 Å². The van der Waals surface area contributed by atoms with E-state index in [1.165, 1.54) is 6.42 Å². The maximum absolute atomic E-state index is 3.46. The van der Waals surface area contributed by atoms with Gasteiger partial charge in [-0.1, -0.05) is 44.0 Å². The van der Waals surface area contributed by atoms with Gasteiger partial charge in [-0.3, -0.25) is 0 Å². The van der Waals surface area contributed by atoms with Gasteiger partial charge in [-0.05, 0) is 6.42 Å². The second kappa shape index (κ2) is 2.31. The Morgan fingerprint density at radius 3 is 1.71 bits per heavy atom. The molecule has 0 saturated heterocycles. The number of hydrogen-bond donors (Lipinski definition) is 0. The lowest BCUT2D eigenvalue weighted by Gasteiger charge is -1.94. The summed E-state index contributed by atoms with van der Waals surface area (Å²) >= 11 is 6.92. The maximum Gasteiger partial charge on any atom is 0.0339 e. The van der Waals surface area contributed by atoms with E-state index in [0.717, 1.165) is 0 Å². The Morgan fingerprint density at radius 2 is 1.57 bits per heavy atom. The van der Waals surface area contributed by atoms with Crippen LogP contribution >= 0.6 is 31.9 Å². The van der Waals surface area contributed by atoms with Gasteiger partial charge in [0.05, 0.1) is 0 Å². The summed E-state index contributed by atoms with van der Waals surface area (Å²) in [6, 6.07) is 0. The number of allylic oxidation sites excluding steroid dienone is 2. The van der Waals surface area contributed by atoms with Crippen LogP contribution in [0.2, 0.25) is 0 Å². The van der Waals surface area contributed by atoms with Crippen LogP contribution in [0.5, 0.6) is 0 Å². The zero-order chi connectivity index (χ0) is 5.28. The highest BCUT2D eigenvalue weighted by atomic mass is 79.9. The average molecular weight is 226 g/mol. The highest BCUT2D eigenvalue weighted by Gasteiger charge is 2.11. The van der Waals surface area contributed by atoms with E-state index in [0.29, 0.717) is 9.65 Å². The van der Waals surface area contributed by atoms with Gasteiger partial charge in [-0.25, -0.2) is 0 Å². The van der Waals surface area contributed by atoms with Crippen molar-refractivity contribution in [1.82, 2.24) is 0 Å². The zero-order valence-corrected chi connectivity index (χ0v) is 6.94. The molecule has 0 fully saturated rings. The molecule has 0 aromatic rings. The molecule has 0 N–H and O–H groups in total. The van der Waals surface area contributed by atoms with Gasteiger partial charge in [-0.2, -0.15) is 0 Å². The molecule has 0 heterocycles. The molecule has 0 aromatic heterocycles. The molecule has 0 bridgehead atoms. The normalized spacial score (nSPS) is 39.7. The van der Waals surface area contributed by atoms with Crippen LogP contribution in [0, 0.1) is 0 Å². The molecule has 1 rings (SSSR count). The number of halogens is 2. The minimum absolute atomic E-state index is 0.608. The lowest BCUT2D eigenvalue weighted by atomic mass is 10.4. The van der Waals surface area contributed by atoms with Crippen LogP contribution < -0.4 is 0 Å². The van der Waals surface area contributed by atoms with E-state index in [1.54, 1.807) is 0 Å². The van der Waals surface area contributed by atoms with Gasteiger partial charge < -0.3 is 0 Å². The third-order valence-corrected chi connectivity index (χ3v) is 2.34. The summed E-state index contributed by atoms with van der Waals surface area (Å²) in [6.45, 7) is 0. The molecule has 2 heteroatoms. The second-order valence-corrected chi connectivity index (χ2v) is 4.00. The third kappa shape index (κ3) is 1.57. The summed E-state index contributed by atoms with van der Waals surface area (Å²) in [5, 5.41) is 0. The van der Waals surface area contributed by atoms with Crippen molar-refractivity contribution in [2.75, 3.05) is 0 Å². The minimum atomic E-state index is 0.608. The Labute approximate surface area is 60.2 Å². The van der Waals surface area contributed by atoms with E-state index in [-0.39, 0.29) is 0 Å². The third-order valence-electron chi connectivity index (χ3n) is 0.979. The van der Waals surface area contributed by atoms with Crippen molar-refractivity contribution < 1.29 is 0 Å². The Bertz CT molecular complexity index is 78.1. The van der Waals surface area contributed by atoms with Gasteiger partial charge in [-0.15, -0.1) is 0 Å². The summed E-state index contributed by atoms with van der Waals surface area (Å²) in [5.74, 6) is 0. The molecule has 2 atom stereocenters. The molecule has 0 aliphatic heterocycles. The summed E-state index contributed by atoms with van der Waals surface area (Å²) < 4.78 is 0. The zero-order valence-electron chi connectivity index (χ0n) is 3.77. The van der Waals surface area contributed by atoms with Crippen LogP contribution in [0.4, 0.5) is 0 Å². The highest BCUT2D eigenvalue weighted by Crippen LogP contribution is 2.22. The summed E-state index contributed by atoms with van der Waals surface area (Å²) in [6.07, 6.45) is 5.53. The molecule has 0 spiro atoms. The molecule has 1 aliphatic rings. The molecular weight excluding hydrogens is 220 g/mol. The van der Waals surface area contributed by atoms with Crippen molar-refractivity contribution in [3.05, 3.63) is 12.2 Å². The molecular formula is C5H6Br2. The van der Waals surface area contributed by atoms with Gasteiger partial charge in [0.15, 0.2) is 0 Å². The van der Waals surface area contributed by atoms with E-state index < -0.39 is 0 Å². The Hall–Kier alpha value is 0.700. The number of hydrogen-bond acceptors (Lipinski definition) is 0. The topological polar surface area (TPSA) is 0 Å². The minimum Gasteiger partial charge on any atom is -0.0845 e. The average Bonchev–Trinajstić information content (AvgIpc) is 1.87. The first-order valence-electron chi connectivity index (χ1n) is 2.25. The molecule has 7 heavy (non-hydrogen) atoms. The molecule has 0 amide bonds. The van der Waals surface area contributed by atoms with E-state index in [1.807, 2.05) is 0 Å². The van der Waals surface area contributed by atoms with Gasteiger partial charge in [0, 0.05) is 9.65 Å². The van der Waals surface area contributed by atoms with E-state index in [4.69, 9.17) is 0 Å². The van der Waals surface area contributed by atoms with Crippen molar-refractivity contribution in [2.24, 2.45) is 0 Å². The predicted molar refractivity (Wildman–Crippen MR) is 39.2 cm³/mol. The van der Waals surface area contributed by atoms with Crippen LogP contribution in [0.1, 0.15) is 6.42 Å². The fourth-order valence-corrected chi connectivity index (χ4v) is 2.27. The maximum atomic E-state index is 3.46. The highest BCUT2D eigenvalue weighted by molar-refractivity contribution is 9.10. The van der Waals surface area contributed by atoms with E-state index >= 15 is 0 Å². The van der Waals surface area contributed by atoms with Gasteiger partial charge in [0.25, 0.3) is 0 Å². The van der Waals surface area contributed by atoms with Crippen LogP contribution in [0.25, 0.3) is 0 Å². The van der Waals surface area contributed by atoms with Crippen molar-refractivity contribution in [3.8, 4) is 0 Å². The Morgan fingerprint density at radius 1 is 1.14 bits per heavy atom. The van der Waals surface area contributed by atoms with Crippen LogP contribution in [-0.2, 0) is 0 Å². The number of alkyl halides is 2. The molecule has 1 aliphatic carbocycles. The monoisotopic (exact) mass is 224 g/mol. The molecule has 40 valence electrons. The molecule has 0 radical (unpaired) electrons. The smallest absolute Gasteiger partial charge is 0.0339 e. The van der Waals surface area contributed by atoms with Crippen molar-refractivity contribution in [2.45, 2.75) is 16.1 Å². The molecule has 0 saturated carbocycles. The lowest BCUT2D eigenvalue weighted by molar-refractivity contribution is 0.982. The fourth-order valence-electron chi connectivity index (χ4n) is 0.613. The number of rotatable bonds is 0. The first kappa shape index (κ1) is 5.83. The second-order valence-electron chi connectivity index (χ2n) is 1.65. The SMILES string of the molecule is Br[C@@H]1C=C[C@@H](Br)C1. The van der Waals surface area contributed by atoms with Crippen molar-refractivity contribution >= 4 is 31.9 Å². The largest absolute Gasteiger partial charge is 0.0845 e. The molecule has 0 aromatic carbocycles. The van der Waals surface area contributed by atoms with Crippen molar-refractivity contribution in [3.63, 3.8) is 0 Å². The van der Waals surface area contributed by atoms with E-state index in [9.17, 15) is 0 Å². The lowest BCUT2D eigenvalue weighted by Crippen LogP contribution is -1.90. The first-order chi connectivity index (χ1) is 3.29. The van der Waals surface area contributed by atoms with Crippen LogP contribution in [-0.4, -0.2) is 9.65 Å².